The molecule has 1 nitrogen and oxygen atoms in total. The Hall–Kier alpha value is -0.630. The van der Waals surface area contributed by atoms with Crippen LogP contribution in [0.5, 0.6) is 0 Å². The van der Waals surface area contributed by atoms with Crippen LogP contribution in [-0.2, 0) is 0 Å². The smallest absolute Gasteiger partial charge is 0.0475 e. The zero-order valence-corrected chi connectivity index (χ0v) is 8.24. The Morgan fingerprint density at radius 1 is 1.50 bits per heavy atom. The summed E-state index contributed by atoms with van der Waals surface area (Å²) in [4.78, 5) is 0. The average Bonchev–Trinajstić information content (AvgIpc) is 2.07. The first-order chi connectivity index (χ1) is 5.77. The first kappa shape index (κ1) is 7.99. The van der Waals surface area contributed by atoms with E-state index < -0.39 is 0 Å². The van der Waals surface area contributed by atoms with E-state index in [0.29, 0.717) is 5.92 Å². The molecule has 0 unspecified atom stereocenters. The number of nitrogens with one attached hydrogen (secondary N) is 1. The number of fused-ring (bicyclic) bond motifs is 1. The van der Waals surface area contributed by atoms with Crippen LogP contribution in [0, 0.1) is 6.92 Å². The highest BCUT2D eigenvalue weighted by atomic mass is 32.2. The summed E-state index contributed by atoms with van der Waals surface area (Å²) in [6.45, 7) is 4.43. The van der Waals surface area contributed by atoms with E-state index in [-0.39, 0.29) is 0 Å². The predicted octanol–water partition coefficient (Wildman–Crippen LogP) is 3.17. The largest absolute Gasteiger partial charge is 0.329 e. The lowest BCUT2D eigenvalue weighted by molar-refractivity contribution is 0.876. The molecule has 1 aromatic rings. The Kier molecular flexibility index (Phi) is 2.01. The van der Waals surface area contributed by atoms with Crippen molar-refractivity contribution in [3.05, 3.63) is 29.3 Å². The summed E-state index contributed by atoms with van der Waals surface area (Å²) < 4.78 is 3.34. The topological polar surface area (TPSA) is 12.0 Å². The second kappa shape index (κ2) is 3.02. The molecule has 0 fully saturated rings. The maximum absolute atomic E-state index is 3.34. The zero-order valence-electron chi connectivity index (χ0n) is 7.42. The molecule has 0 saturated heterocycles. The van der Waals surface area contributed by atoms with Gasteiger partial charge in [-0.25, -0.2) is 0 Å². The van der Waals surface area contributed by atoms with Crippen LogP contribution in [0.3, 0.4) is 0 Å². The van der Waals surface area contributed by atoms with Gasteiger partial charge in [0, 0.05) is 11.4 Å². The summed E-state index contributed by atoms with van der Waals surface area (Å²) in [5.74, 6) is 1.86. The first-order valence-corrected chi connectivity index (χ1v) is 5.24. The van der Waals surface area contributed by atoms with Gasteiger partial charge in [0.05, 0.1) is 0 Å². The fraction of sp³-hybridized carbons (Fsp3) is 0.400. The Morgan fingerprint density at radius 3 is 3.17 bits per heavy atom. The molecule has 0 saturated carbocycles. The Bertz CT molecular complexity index is 296. The first-order valence-electron chi connectivity index (χ1n) is 4.26. The Balaban J connectivity index is 2.47. The van der Waals surface area contributed by atoms with Crippen LogP contribution in [0.4, 0.5) is 5.69 Å². The van der Waals surface area contributed by atoms with Gasteiger partial charge in [0.25, 0.3) is 0 Å². The van der Waals surface area contributed by atoms with Crippen molar-refractivity contribution in [3.8, 4) is 0 Å². The summed E-state index contributed by atoms with van der Waals surface area (Å²) in [7, 11) is 0. The minimum absolute atomic E-state index is 0.686. The third kappa shape index (κ3) is 1.31. The Labute approximate surface area is 77.7 Å². The summed E-state index contributed by atoms with van der Waals surface area (Å²) >= 11 is 1.80. The van der Waals surface area contributed by atoms with Gasteiger partial charge in [0.15, 0.2) is 0 Å². The monoisotopic (exact) mass is 179 g/mol. The van der Waals surface area contributed by atoms with Crippen LogP contribution in [0.15, 0.2) is 18.2 Å². The third-order valence-corrected chi connectivity index (χ3v) is 3.28. The van der Waals surface area contributed by atoms with E-state index in [1.165, 1.54) is 22.6 Å². The van der Waals surface area contributed by atoms with Crippen LogP contribution >= 0.6 is 11.9 Å². The van der Waals surface area contributed by atoms with Gasteiger partial charge in [0.2, 0.25) is 0 Å². The van der Waals surface area contributed by atoms with Gasteiger partial charge in [-0.15, -0.1) is 0 Å². The maximum Gasteiger partial charge on any atom is 0.0475 e. The summed E-state index contributed by atoms with van der Waals surface area (Å²) in [5.41, 5.74) is 4.12. The van der Waals surface area contributed by atoms with Gasteiger partial charge >= 0.3 is 0 Å². The normalized spacial score (nSPS) is 21.3. The standard InChI is InChI=1S/C10H13NS/c1-7-3-4-10-9(5-7)8(2)6-12-11-10/h3-5,8,11H,6H2,1-2H3/t8-/m0/s1. The number of hydrogen-bond acceptors (Lipinski definition) is 2. The van der Waals surface area contributed by atoms with Crippen molar-refractivity contribution in [2.45, 2.75) is 19.8 Å². The molecule has 0 radical (unpaired) electrons. The molecule has 2 heteroatoms. The van der Waals surface area contributed by atoms with E-state index in [1.54, 1.807) is 11.9 Å². The number of rotatable bonds is 0. The van der Waals surface area contributed by atoms with E-state index in [9.17, 15) is 0 Å². The SMILES string of the molecule is Cc1ccc2c(c1)[C@@H](C)CSN2. The summed E-state index contributed by atoms with van der Waals surface area (Å²) in [6, 6.07) is 6.62. The second-order valence-electron chi connectivity index (χ2n) is 3.40. The molecule has 1 aliphatic heterocycles. The molecule has 64 valence electrons. The minimum atomic E-state index is 0.686. The molecule has 0 aromatic heterocycles. The van der Waals surface area contributed by atoms with Gasteiger partial charge in [-0.3, -0.25) is 0 Å². The van der Waals surface area contributed by atoms with E-state index >= 15 is 0 Å². The lowest BCUT2D eigenvalue weighted by atomic mass is 9.99. The molecule has 12 heavy (non-hydrogen) atoms. The fourth-order valence-electron chi connectivity index (χ4n) is 1.52. The number of aryl methyl sites for hydroxylation is 1. The van der Waals surface area contributed by atoms with Crippen molar-refractivity contribution in [3.63, 3.8) is 0 Å². The van der Waals surface area contributed by atoms with Gasteiger partial charge in [0.1, 0.15) is 0 Å². The highest BCUT2D eigenvalue weighted by molar-refractivity contribution is 8.00. The fourth-order valence-corrected chi connectivity index (χ4v) is 2.37. The van der Waals surface area contributed by atoms with E-state index in [0.717, 1.165) is 0 Å². The van der Waals surface area contributed by atoms with Crippen LogP contribution in [0.25, 0.3) is 0 Å². The lowest BCUT2D eigenvalue weighted by Crippen LogP contribution is -2.09. The summed E-state index contributed by atoms with van der Waals surface area (Å²) in [6.07, 6.45) is 0. The lowest BCUT2D eigenvalue weighted by Gasteiger charge is -2.23. The van der Waals surface area contributed by atoms with Crippen LogP contribution in [0.2, 0.25) is 0 Å². The van der Waals surface area contributed by atoms with E-state index in [4.69, 9.17) is 0 Å². The van der Waals surface area contributed by atoms with Crippen LogP contribution in [-0.4, -0.2) is 5.75 Å². The highest BCUT2D eigenvalue weighted by Crippen LogP contribution is 2.34. The van der Waals surface area contributed by atoms with E-state index in [1.807, 2.05) is 0 Å². The second-order valence-corrected chi connectivity index (χ2v) is 4.23. The maximum atomic E-state index is 3.34. The quantitative estimate of drug-likeness (QED) is 0.614. The molecule has 1 N–H and O–H groups in total. The number of anilines is 1. The van der Waals surface area contributed by atoms with Gasteiger partial charge in [-0.2, -0.15) is 0 Å². The molecule has 1 aromatic carbocycles. The van der Waals surface area contributed by atoms with E-state index in [2.05, 4.69) is 36.8 Å². The van der Waals surface area contributed by atoms with Crippen LogP contribution < -0.4 is 4.72 Å². The number of hydrogen-bond donors (Lipinski definition) is 1. The average molecular weight is 179 g/mol. The molecule has 1 aliphatic rings. The molecule has 0 spiro atoms. The van der Waals surface area contributed by atoms with Crippen molar-refractivity contribution < 1.29 is 0 Å². The number of benzene rings is 1. The molecule has 1 atom stereocenters. The molecule has 2 rings (SSSR count). The van der Waals surface area contributed by atoms with Crippen molar-refractivity contribution in [2.75, 3.05) is 10.5 Å². The van der Waals surface area contributed by atoms with Crippen molar-refractivity contribution in [1.29, 1.82) is 0 Å². The Morgan fingerprint density at radius 2 is 2.33 bits per heavy atom. The van der Waals surface area contributed by atoms with Crippen molar-refractivity contribution in [1.82, 2.24) is 0 Å². The zero-order chi connectivity index (χ0) is 8.55. The third-order valence-electron chi connectivity index (χ3n) is 2.25. The van der Waals surface area contributed by atoms with Gasteiger partial charge in [-0.1, -0.05) is 36.6 Å². The van der Waals surface area contributed by atoms with Gasteiger partial charge in [-0.05, 0) is 24.5 Å². The predicted molar refractivity (Wildman–Crippen MR) is 55.7 cm³/mol. The molecule has 0 bridgehead atoms. The highest BCUT2D eigenvalue weighted by Gasteiger charge is 2.15. The molecule has 0 aliphatic carbocycles. The molecule has 1 heterocycles. The molecular weight excluding hydrogens is 166 g/mol. The van der Waals surface area contributed by atoms with Crippen molar-refractivity contribution >= 4 is 17.6 Å². The van der Waals surface area contributed by atoms with Gasteiger partial charge < -0.3 is 4.72 Å². The minimum Gasteiger partial charge on any atom is -0.329 e. The van der Waals surface area contributed by atoms with Crippen LogP contribution in [0.1, 0.15) is 24.0 Å². The van der Waals surface area contributed by atoms with Crippen molar-refractivity contribution in [2.24, 2.45) is 0 Å². The molecule has 0 amide bonds. The molecular formula is C10H13NS. The summed E-state index contributed by atoms with van der Waals surface area (Å²) in [5, 5.41) is 0.